The number of halogens is 1. The maximum absolute atomic E-state index is 11.5. The molecule has 0 spiro atoms. The van der Waals surface area contributed by atoms with Crippen LogP contribution in [0.4, 0.5) is 0 Å². The minimum Gasteiger partial charge on any atom is -0.466 e. The van der Waals surface area contributed by atoms with Crippen LogP contribution in [0.25, 0.3) is 0 Å². The van der Waals surface area contributed by atoms with E-state index in [0.717, 1.165) is 22.0 Å². The second kappa shape index (κ2) is 9.74. The zero-order valence-corrected chi connectivity index (χ0v) is 13.7. The highest BCUT2D eigenvalue weighted by molar-refractivity contribution is 14.1. The van der Waals surface area contributed by atoms with Crippen LogP contribution in [0.5, 0.6) is 0 Å². The molecule has 0 amide bonds. The predicted molar refractivity (Wildman–Crippen MR) is 84.1 cm³/mol. The van der Waals surface area contributed by atoms with E-state index in [-0.39, 0.29) is 31.4 Å². The first-order valence-electron chi connectivity index (χ1n) is 6.67. The van der Waals surface area contributed by atoms with Crippen LogP contribution in [0.2, 0.25) is 0 Å². The molecule has 0 heterocycles. The summed E-state index contributed by atoms with van der Waals surface area (Å²) in [6, 6.07) is 7.73. The number of carbonyl (C=O) groups is 2. The second-order valence-electron chi connectivity index (χ2n) is 4.36. The molecule has 0 saturated heterocycles. The van der Waals surface area contributed by atoms with Crippen LogP contribution in [-0.4, -0.2) is 18.5 Å². The molecular formula is C15H19IO4. The minimum absolute atomic E-state index is 0.0644. The van der Waals surface area contributed by atoms with Gasteiger partial charge >= 0.3 is 11.9 Å². The van der Waals surface area contributed by atoms with E-state index in [9.17, 15) is 9.59 Å². The first-order valence-corrected chi connectivity index (χ1v) is 7.75. The van der Waals surface area contributed by atoms with E-state index in [1.165, 1.54) is 0 Å². The minimum atomic E-state index is -0.378. The Hall–Kier alpha value is -1.11. The van der Waals surface area contributed by atoms with Gasteiger partial charge in [0.15, 0.2) is 0 Å². The van der Waals surface area contributed by atoms with Gasteiger partial charge < -0.3 is 9.47 Å². The number of hydrogen-bond donors (Lipinski definition) is 0. The molecule has 0 atom stereocenters. The van der Waals surface area contributed by atoms with E-state index in [4.69, 9.17) is 9.47 Å². The summed E-state index contributed by atoms with van der Waals surface area (Å²) in [6.45, 7) is 2.68. The fourth-order valence-corrected chi connectivity index (χ4v) is 2.08. The van der Waals surface area contributed by atoms with E-state index in [2.05, 4.69) is 22.6 Å². The van der Waals surface area contributed by atoms with Crippen molar-refractivity contribution in [3.8, 4) is 0 Å². The largest absolute Gasteiger partial charge is 0.466 e. The number of rotatable bonds is 8. The Bertz CT molecular complexity index is 445. The number of hydrogen-bond acceptors (Lipinski definition) is 4. The van der Waals surface area contributed by atoms with E-state index in [1.54, 1.807) is 0 Å². The van der Waals surface area contributed by atoms with Gasteiger partial charge in [0, 0.05) is 3.57 Å². The standard InChI is InChI=1S/C15H19IO4/c1-2-3-9-19-14(17)7-8-15(18)20-11-12-5-4-6-13(16)10-12/h4-6,10H,2-3,7-9,11H2,1H3. The summed E-state index contributed by atoms with van der Waals surface area (Å²) in [6.07, 6.45) is 1.97. The third kappa shape index (κ3) is 7.47. The van der Waals surface area contributed by atoms with Crippen molar-refractivity contribution in [2.75, 3.05) is 6.61 Å². The van der Waals surface area contributed by atoms with Crippen molar-refractivity contribution in [2.45, 2.75) is 39.2 Å². The molecule has 0 aliphatic carbocycles. The number of unbranched alkanes of at least 4 members (excludes halogenated alkanes) is 1. The highest BCUT2D eigenvalue weighted by atomic mass is 127. The molecule has 0 unspecified atom stereocenters. The third-order valence-electron chi connectivity index (χ3n) is 2.58. The molecule has 0 fully saturated rings. The fourth-order valence-electron chi connectivity index (χ4n) is 1.47. The van der Waals surface area contributed by atoms with Crippen molar-refractivity contribution in [3.63, 3.8) is 0 Å². The monoisotopic (exact) mass is 390 g/mol. The summed E-state index contributed by atoms with van der Waals surface area (Å²) in [7, 11) is 0. The molecule has 0 N–H and O–H groups in total. The molecule has 1 rings (SSSR count). The topological polar surface area (TPSA) is 52.6 Å². The molecule has 0 aromatic heterocycles. The smallest absolute Gasteiger partial charge is 0.306 e. The van der Waals surface area contributed by atoms with E-state index < -0.39 is 0 Å². The van der Waals surface area contributed by atoms with E-state index in [1.807, 2.05) is 31.2 Å². The zero-order chi connectivity index (χ0) is 14.8. The molecule has 1 aromatic rings. The van der Waals surface area contributed by atoms with Crippen molar-refractivity contribution >= 4 is 34.5 Å². The SMILES string of the molecule is CCCCOC(=O)CCC(=O)OCc1cccc(I)c1. The lowest BCUT2D eigenvalue weighted by atomic mass is 10.2. The van der Waals surface area contributed by atoms with Crippen molar-refractivity contribution in [1.82, 2.24) is 0 Å². The summed E-state index contributed by atoms with van der Waals surface area (Å²) in [4.78, 5) is 22.8. The van der Waals surface area contributed by atoms with Crippen LogP contribution in [0.1, 0.15) is 38.2 Å². The highest BCUT2D eigenvalue weighted by Crippen LogP contribution is 2.09. The molecule has 0 saturated carbocycles. The zero-order valence-electron chi connectivity index (χ0n) is 11.6. The first kappa shape index (κ1) is 16.9. The average molecular weight is 390 g/mol. The predicted octanol–water partition coefficient (Wildman–Crippen LogP) is 3.46. The van der Waals surface area contributed by atoms with Gasteiger partial charge in [0.1, 0.15) is 6.61 Å². The van der Waals surface area contributed by atoms with Gasteiger partial charge in [-0.25, -0.2) is 0 Å². The Morgan fingerprint density at radius 1 is 1.15 bits per heavy atom. The van der Waals surface area contributed by atoms with Crippen LogP contribution < -0.4 is 0 Å². The second-order valence-corrected chi connectivity index (χ2v) is 5.61. The average Bonchev–Trinajstić information content (AvgIpc) is 2.43. The summed E-state index contributed by atoms with van der Waals surface area (Å²) in [5.41, 5.74) is 0.941. The number of benzene rings is 1. The van der Waals surface area contributed by atoms with Crippen molar-refractivity contribution in [2.24, 2.45) is 0 Å². The molecule has 0 aliphatic rings. The van der Waals surface area contributed by atoms with Crippen LogP contribution >= 0.6 is 22.6 Å². The lowest BCUT2D eigenvalue weighted by molar-refractivity contribution is -0.151. The maximum Gasteiger partial charge on any atom is 0.306 e. The summed E-state index contributed by atoms with van der Waals surface area (Å²) in [5, 5.41) is 0. The van der Waals surface area contributed by atoms with Crippen LogP contribution in [-0.2, 0) is 25.7 Å². The van der Waals surface area contributed by atoms with E-state index in [0.29, 0.717) is 6.61 Å². The molecule has 20 heavy (non-hydrogen) atoms. The van der Waals surface area contributed by atoms with Gasteiger partial charge in [0.2, 0.25) is 0 Å². The molecule has 110 valence electrons. The summed E-state index contributed by atoms with van der Waals surface area (Å²) < 4.78 is 11.2. The molecular weight excluding hydrogens is 371 g/mol. The molecule has 4 nitrogen and oxygen atoms in total. The number of esters is 2. The number of carbonyl (C=O) groups excluding carboxylic acids is 2. The van der Waals surface area contributed by atoms with Crippen LogP contribution in [0, 0.1) is 3.57 Å². The van der Waals surface area contributed by atoms with Gasteiger partial charge in [-0.15, -0.1) is 0 Å². The summed E-state index contributed by atoms with van der Waals surface area (Å²) >= 11 is 2.20. The van der Waals surface area contributed by atoms with Crippen molar-refractivity contribution in [1.29, 1.82) is 0 Å². The lowest BCUT2D eigenvalue weighted by Gasteiger charge is -2.06. The quantitative estimate of drug-likeness (QED) is 0.388. The lowest BCUT2D eigenvalue weighted by Crippen LogP contribution is -2.11. The van der Waals surface area contributed by atoms with Gasteiger partial charge in [-0.05, 0) is 46.7 Å². The van der Waals surface area contributed by atoms with Crippen molar-refractivity contribution in [3.05, 3.63) is 33.4 Å². The highest BCUT2D eigenvalue weighted by Gasteiger charge is 2.09. The normalized spacial score (nSPS) is 10.1. The fraction of sp³-hybridized carbons (Fsp3) is 0.467. The molecule has 0 aliphatic heterocycles. The molecule has 0 radical (unpaired) electrons. The van der Waals surface area contributed by atoms with Gasteiger partial charge in [-0.2, -0.15) is 0 Å². The molecule has 5 heteroatoms. The van der Waals surface area contributed by atoms with Crippen molar-refractivity contribution < 1.29 is 19.1 Å². The van der Waals surface area contributed by atoms with Crippen LogP contribution in [0.3, 0.4) is 0 Å². The van der Waals surface area contributed by atoms with Gasteiger partial charge in [0.05, 0.1) is 19.4 Å². The first-order chi connectivity index (χ1) is 9.61. The van der Waals surface area contributed by atoms with E-state index >= 15 is 0 Å². The van der Waals surface area contributed by atoms with Gasteiger partial charge in [0.25, 0.3) is 0 Å². The Morgan fingerprint density at radius 3 is 2.50 bits per heavy atom. The molecule has 0 bridgehead atoms. The third-order valence-corrected chi connectivity index (χ3v) is 3.25. The Balaban J connectivity index is 2.19. The molecule has 1 aromatic carbocycles. The Morgan fingerprint density at radius 2 is 1.85 bits per heavy atom. The van der Waals surface area contributed by atoms with Crippen LogP contribution in [0.15, 0.2) is 24.3 Å². The number of ether oxygens (including phenoxy) is 2. The Kier molecular flexibility index (Phi) is 8.25. The summed E-state index contributed by atoms with van der Waals surface area (Å²) in [5.74, 6) is -0.721. The Labute approximate surface area is 133 Å². The van der Waals surface area contributed by atoms with Gasteiger partial charge in [-0.1, -0.05) is 25.5 Å². The maximum atomic E-state index is 11.5. The van der Waals surface area contributed by atoms with Gasteiger partial charge in [-0.3, -0.25) is 9.59 Å².